The molecule has 1 aromatic heterocycles. The molecule has 0 aliphatic carbocycles. The molecule has 122 valence electrons. The number of aryl methyl sites for hydroxylation is 1. The van der Waals surface area contributed by atoms with Crippen LogP contribution in [-0.2, 0) is 0 Å². The van der Waals surface area contributed by atoms with E-state index in [2.05, 4.69) is 5.10 Å². The van der Waals surface area contributed by atoms with Gasteiger partial charge in [-0.1, -0.05) is 54.6 Å². The molecule has 0 saturated carbocycles. The second-order valence-electron chi connectivity index (χ2n) is 5.98. The number of aromatic amines is 1. The highest BCUT2D eigenvalue weighted by atomic mass is 16.2. The molecule has 0 saturated heterocycles. The maximum Gasteiger partial charge on any atom is 0.282 e. The SMILES string of the molecule is Cc1[nH]n(-c2ccccc2)c(=O)c1C(=O)c1ccc2ccccc2c1. The van der Waals surface area contributed by atoms with Gasteiger partial charge in [0.15, 0.2) is 5.78 Å². The maximum absolute atomic E-state index is 12.9. The number of H-pyrrole nitrogens is 1. The largest absolute Gasteiger partial charge is 0.295 e. The fourth-order valence-electron chi connectivity index (χ4n) is 3.05. The van der Waals surface area contributed by atoms with Gasteiger partial charge in [0, 0.05) is 11.3 Å². The molecule has 3 aromatic carbocycles. The Labute approximate surface area is 144 Å². The molecule has 1 heterocycles. The lowest BCUT2D eigenvalue weighted by Crippen LogP contribution is -2.20. The fourth-order valence-corrected chi connectivity index (χ4v) is 3.05. The molecule has 4 aromatic rings. The summed E-state index contributed by atoms with van der Waals surface area (Å²) in [6.45, 7) is 1.75. The molecule has 4 nitrogen and oxygen atoms in total. The number of hydrogen-bond donors (Lipinski definition) is 1. The number of hydrogen-bond acceptors (Lipinski definition) is 2. The van der Waals surface area contributed by atoms with E-state index in [1.165, 1.54) is 4.68 Å². The number of nitrogens with zero attached hydrogens (tertiary/aromatic N) is 1. The number of nitrogens with one attached hydrogen (secondary N) is 1. The molecule has 4 heteroatoms. The van der Waals surface area contributed by atoms with Gasteiger partial charge in [0.2, 0.25) is 0 Å². The van der Waals surface area contributed by atoms with Crippen molar-refractivity contribution in [1.82, 2.24) is 9.78 Å². The van der Waals surface area contributed by atoms with Gasteiger partial charge in [-0.3, -0.25) is 14.7 Å². The number of aromatic nitrogens is 2. The van der Waals surface area contributed by atoms with E-state index >= 15 is 0 Å². The van der Waals surface area contributed by atoms with Crippen LogP contribution in [0.25, 0.3) is 16.5 Å². The highest BCUT2D eigenvalue weighted by Crippen LogP contribution is 2.18. The Balaban J connectivity index is 1.82. The molecule has 0 spiro atoms. The van der Waals surface area contributed by atoms with Crippen LogP contribution in [0.2, 0.25) is 0 Å². The van der Waals surface area contributed by atoms with Crippen LogP contribution in [0.5, 0.6) is 0 Å². The molecule has 25 heavy (non-hydrogen) atoms. The van der Waals surface area contributed by atoms with Gasteiger partial charge < -0.3 is 0 Å². The Morgan fingerprint density at radius 2 is 1.56 bits per heavy atom. The minimum absolute atomic E-state index is 0.180. The summed E-state index contributed by atoms with van der Waals surface area (Å²) in [5.74, 6) is -0.265. The lowest BCUT2D eigenvalue weighted by molar-refractivity contribution is 0.103. The Hall–Kier alpha value is -3.40. The first-order chi connectivity index (χ1) is 12.1. The molecule has 0 unspecified atom stereocenters. The van der Waals surface area contributed by atoms with Crippen molar-refractivity contribution in [3.8, 4) is 5.69 Å². The topological polar surface area (TPSA) is 54.9 Å². The smallest absolute Gasteiger partial charge is 0.282 e. The monoisotopic (exact) mass is 328 g/mol. The van der Waals surface area contributed by atoms with Gasteiger partial charge in [0.05, 0.1) is 5.69 Å². The summed E-state index contributed by atoms with van der Waals surface area (Å²) in [5.41, 5.74) is 1.62. The predicted octanol–water partition coefficient (Wildman–Crippen LogP) is 3.86. The molecule has 4 rings (SSSR count). The van der Waals surface area contributed by atoms with E-state index in [9.17, 15) is 9.59 Å². The van der Waals surface area contributed by atoms with Crippen molar-refractivity contribution < 1.29 is 4.79 Å². The van der Waals surface area contributed by atoms with Gasteiger partial charge in [-0.05, 0) is 35.9 Å². The highest BCUT2D eigenvalue weighted by molar-refractivity contribution is 6.11. The van der Waals surface area contributed by atoms with Gasteiger partial charge in [0.1, 0.15) is 5.56 Å². The predicted molar refractivity (Wildman–Crippen MR) is 98.5 cm³/mol. The summed E-state index contributed by atoms with van der Waals surface area (Å²) in [6, 6.07) is 22.6. The van der Waals surface area contributed by atoms with Crippen molar-refractivity contribution in [2.75, 3.05) is 0 Å². The van der Waals surface area contributed by atoms with Gasteiger partial charge in [-0.15, -0.1) is 0 Å². The molecule has 0 amide bonds. The zero-order valence-electron chi connectivity index (χ0n) is 13.7. The van der Waals surface area contributed by atoms with Gasteiger partial charge >= 0.3 is 0 Å². The molecule has 0 aliphatic rings. The second kappa shape index (κ2) is 5.91. The van der Waals surface area contributed by atoms with Crippen LogP contribution in [0.1, 0.15) is 21.6 Å². The van der Waals surface area contributed by atoms with Crippen LogP contribution in [0.15, 0.2) is 77.6 Å². The number of carbonyl (C=O) groups excluding carboxylic acids is 1. The van der Waals surface area contributed by atoms with Crippen LogP contribution in [0.3, 0.4) is 0 Å². The molecule has 0 fully saturated rings. The van der Waals surface area contributed by atoms with E-state index in [-0.39, 0.29) is 16.9 Å². The first kappa shape index (κ1) is 15.1. The third kappa shape index (κ3) is 2.58. The Morgan fingerprint density at radius 1 is 0.880 bits per heavy atom. The molecular formula is C21H16N2O2. The Bertz CT molecular complexity index is 1140. The third-order valence-corrected chi connectivity index (χ3v) is 4.32. The van der Waals surface area contributed by atoms with Crippen molar-refractivity contribution in [2.24, 2.45) is 0 Å². The second-order valence-corrected chi connectivity index (χ2v) is 5.98. The fraction of sp³-hybridized carbons (Fsp3) is 0.0476. The average Bonchev–Trinajstić information content (AvgIpc) is 2.95. The quantitative estimate of drug-likeness (QED) is 0.581. The molecule has 0 atom stereocenters. The number of rotatable bonds is 3. The zero-order valence-corrected chi connectivity index (χ0v) is 13.7. The lowest BCUT2D eigenvalue weighted by atomic mass is 10.0. The van der Waals surface area contributed by atoms with Crippen LogP contribution >= 0.6 is 0 Å². The summed E-state index contributed by atoms with van der Waals surface area (Å²) in [6.07, 6.45) is 0. The summed E-state index contributed by atoms with van der Waals surface area (Å²) in [7, 11) is 0. The van der Waals surface area contributed by atoms with E-state index in [1.807, 2.05) is 66.7 Å². The van der Waals surface area contributed by atoms with Crippen molar-refractivity contribution in [3.63, 3.8) is 0 Å². The molecule has 1 N–H and O–H groups in total. The van der Waals surface area contributed by atoms with Crippen molar-refractivity contribution in [3.05, 3.63) is 100.0 Å². The zero-order chi connectivity index (χ0) is 17.4. The summed E-state index contributed by atoms with van der Waals surface area (Å²) < 4.78 is 1.41. The lowest BCUT2D eigenvalue weighted by Gasteiger charge is -2.02. The molecular weight excluding hydrogens is 312 g/mol. The number of ketones is 1. The number of carbonyl (C=O) groups is 1. The number of benzene rings is 3. The first-order valence-electron chi connectivity index (χ1n) is 8.06. The minimum Gasteiger partial charge on any atom is -0.295 e. The van der Waals surface area contributed by atoms with Crippen molar-refractivity contribution in [1.29, 1.82) is 0 Å². The van der Waals surface area contributed by atoms with E-state index in [0.717, 1.165) is 10.8 Å². The first-order valence-corrected chi connectivity index (χ1v) is 8.06. The normalized spacial score (nSPS) is 10.9. The van der Waals surface area contributed by atoms with Crippen molar-refractivity contribution in [2.45, 2.75) is 6.92 Å². The van der Waals surface area contributed by atoms with Gasteiger partial charge in [-0.2, -0.15) is 0 Å². The number of fused-ring (bicyclic) bond motifs is 1. The molecule has 0 radical (unpaired) electrons. The summed E-state index contributed by atoms with van der Waals surface area (Å²) in [5, 5.41) is 5.04. The summed E-state index contributed by atoms with van der Waals surface area (Å²) >= 11 is 0. The van der Waals surface area contributed by atoms with E-state index in [0.29, 0.717) is 16.9 Å². The van der Waals surface area contributed by atoms with E-state index in [1.54, 1.807) is 13.0 Å². The summed E-state index contributed by atoms with van der Waals surface area (Å²) in [4.78, 5) is 25.7. The van der Waals surface area contributed by atoms with Crippen LogP contribution in [-0.4, -0.2) is 15.6 Å². The van der Waals surface area contributed by atoms with Gasteiger partial charge in [-0.25, -0.2) is 4.68 Å². The Kier molecular flexibility index (Phi) is 3.58. The Morgan fingerprint density at radius 3 is 2.32 bits per heavy atom. The average molecular weight is 328 g/mol. The van der Waals surface area contributed by atoms with Crippen molar-refractivity contribution >= 4 is 16.6 Å². The molecule has 0 bridgehead atoms. The maximum atomic E-state index is 12.9. The standard InChI is InChI=1S/C21H16N2O2/c1-14-19(21(25)23(22-14)18-9-3-2-4-10-18)20(24)17-12-11-15-7-5-6-8-16(15)13-17/h2-13,22H,1H3. The van der Waals surface area contributed by atoms with Crippen LogP contribution in [0.4, 0.5) is 0 Å². The van der Waals surface area contributed by atoms with E-state index < -0.39 is 0 Å². The van der Waals surface area contributed by atoms with E-state index in [4.69, 9.17) is 0 Å². The molecule has 0 aliphatic heterocycles. The third-order valence-electron chi connectivity index (χ3n) is 4.32. The van der Waals surface area contributed by atoms with Gasteiger partial charge in [0.25, 0.3) is 5.56 Å². The van der Waals surface area contributed by atoms with Crippen LogP contribution < -0.4 is 5.56 Å². The highest BCUT2D eigenvalue weighted by Gasteiger charge is 2.21. The minimum atomic E-state index is -0.332. The van der Waals surface area contributed by atoms with Crippen LogP contribution in [0, 0.1) is 6.92 Å². The number of para-hydroxylation sites is 1.